The molecule has 126 valence electrons. The minimum Gasteiger partial charge on any atom is -0.497 e. The van der Waals surface area contributed by atoms with Crippen molar-refractivity contribution in [1.82, 2.24) is 0 Å². The molecule has 0 aromatic heterocycles. The Balaban J connectivity index is 2.11. The second-order valence-electron chi connectivity index (χ2n) is 5.16. The Morgan fingerprint density at radius 2 is 1.56 bits per heavy atom. The number of nitriles is 1. The summed E-state index contributed by atoms with van der Waals surface area (Å²) in [6, 6.07) is 15.5. The summed E-state index contributed by atoms with van der Waals surface area (Å²) in [5.41, 5.74) is 1.86. The fourth-order valence-corrected chi connectivity index (χ4v) is 2.05. The van der Waals surface area contributed by atoms with Crippen LogP contribution in [-0.4, -0.2) is 18.9 Å². The van der Waals surface area contributed by atoms with Gasteiger partial charge in [-0.2, -0.15) is 5.26 Å². The minimum absolute atomic E-state index is 0.0249. The molecule has 0 spiro atoms. The van der Waals surface area contributed by atoms with Gasteiger partial charge in [0, 0.05) is 18.3 Å². The van der Waals surface area contributed by atoms with E-state index in [4.69, 9.17) is 4.74 Å². The van der Waals surface area contributed by atoms with Gasteiger partial charge in [-0.25, -0.2) is 0 Å². The van der Waals surface area contributed by atoms with Gasteiger partial charge in [-0.05, 0) is 48.0 Å². The monoisotopic (exact) mass is 335 g/mol. The van der Waals surface area contributed by atoms with E-state index in [-0.39, 0.29) is 11.5 Å². The maximum Gasteiger partial charge on any atom is 0.266 e. The van der Waals surface area contributed by atoms with E-state index in [9.17, 15) is 14.9 Å². The fraction of sp³-hybridized carbons (Fsp3) is 0.105. The lowest BCUT2D eigenvalue weighted by Gasteiger charge is -2.06. The average molecular weight is 335 g/mol. The van der Waals surface area contributed by atoms with Gasteiger partial charge in [-0.1, -0.05) is 12.1 Å². The zero-order valence-electron chi connectivity index (χ0n) is 13.9. The molecule has 0 radical (unpaired) electrons. The van der Waals surface area contributed by atoms with Crippen LogP contribution in [0.25, 0.3) is 6.08 Å². The number of nitrogens with one attached hydrogen (secondary N) is 2. The van der Waals surface area contributed by atoms with Gasteiger partial charge in [0.05, 0.1) is 7.11 Å². The predicted molar refractivity (Wildman–Crippen MR) is 96.0 cm³/mol. The standard InChI is InChI=1S/C19H17N3O3/c1-13(23)21-16-5-3-14(4-6-16)11-15(12-20)19(24)22-17-7-9-18(25-2)10-8-17/h3-11H,1-2H3,(H,21,23)(H,22,24)/b15-11+. The first-order valence-electron chi connectivity index (χ1n) is 7.46. The molecule has 0 saturated carbocycles. The Kier molecular flexibility index (Phi) is 5.91. The first-order chi connectivity index (χ1) is 12.0. The van der Waals surface area contributed by atoms with E-state index in [2.05, 4.69) is 10.6 Å². The SMILES string of the molecule is COc1ccc(NC(=O)/C(C#N)=C/c2ccc(NC(C)=O)cc2)cc1. The predicted octanol–water partition coefficient (Wildman–Crippen LogP) is 3.20. The number of amides is 2. The fourth-order valence-electron chi connectivity index (χ4n) is 2.05. The van der Waals surface area contributed by atoms with Crippen LogP contribution in [0.1, 0.15) is 12.5 Å². The molecule has 0 aliphatic rings. The first-order valence-corrected chi connectivity index (χ1v) is 7.46. The molecule has 0 atom stereocenters. The lowest BCUT2D eigenvalue weighted by Crippen LogP contribution is -2.13. The largest absolute Gasteiger partial charge is 0.497 e. The summed E-state index contributed by atoms with van der Waals surface area (Å²) < 4.78 is 5.05. The lowest BCUT2D eigenvalue weighted by atomic mass is 10.1. The average Bonchev–Trinajstić information content (AvgIpc) is 2.61. The van der Waals surface area contributed by atoms with Gasteiger partial charge in [0.25, 0.3) is 5.91 Å². The molecule has 2 rings (SSSR count). The van der Waals surface area contributed by atoms with Crippen LogP contribution in [0, 0.1) is 11.3 Å². The van der Waals surface area contributed by atoms with Crippen LogP contribution in [-0.2, 0) is 9.59 Å². The van der Waals surface area contributed by atoms with E-state index in [0.29, 0.717) is 22.7 Å². The first kappa shape index (κ1) is 17.8. The van der Waals surface area contributed by atoms with Gasteiger partial charge in [0.2, 0.25) is 5.91 Å². The summed E-state index contributed by atoms with van der Waals surface area (Å²) in [7, 11) is 1.56. The molecule has 2 N–H and O–H groups in total. The molecule has 0 heterocycles. The van der Waals surface area contributed by atoms with Crippen molar-refractivity contribution in [3.63, 3.8) is 0 Å². The molecule has 25 heavy (non-hydrogen) atoms. The van der Waals surface area contributed by atoms with Crippen LogP contribution in [0.3, 0.4) is 0 Å². The number of hydrogen-bond donors (Lipinski definition) is 2. The number of benzene rings is 2. The molecule has 2 aromatic carbocycles. The molecule has 6 heteroatoms. The Morgan fingerprint density at radius 3 is 2.08 bits per heavy atom. The second-order valence-corrected chi connectivity index (χ2v) is 5.16. The number of methoxy groups -OCH3 is 1. The van der Waals surface area contributed by atoms with Crippen LogP contribution in [0.4, 0.5) is 11.4 Å². The number of carbonyl (C=O) groups is 2. The molecule has 2 aromatic rings. The number of ether oxygens (including phenoxy) is 1. The van der Waals surface area contributed by atoms with E-state index >= 15 is 0 Å². The van der Waals surface area contributed by atoms with E-state index in [1.165, 1.54) is 13.0 Å². The van der Waals surface area contributed by atoms with E-state index in [1.54, 1.807) is 55.6 Å². The highest BCUT2D eigenvalue weighted by Gasteiger charge is 2.09. The summed E-state index contributed by atoms with van der Waals surface area (Å²) in [5, 5.41) is 14.5. The van der Waals surface area contributed by atoms with Gasteiger partial charge in [-0.3, -0.25) is 9.59 Å². The third-order valence-corrected chi connectivity index (χ3v) is 3.26. The molecule has 0 unspecified atom stereocenters. The van der Waals surface area contributed by atoms with E-state index in [1.807, 2.05) is 6.07 Å². The zero-order chi connectivity index (χ0) is 18.2. The van der Waals surface area contributed by atoms with Crippen LogP contribution < -0.4 is 15.4 Å². The third kappa shape index (κ3) is 5.22. The van der Waals surface area contributed by atoms with Crippen LogP contribution in [0.2, 0.25) is 0 Å². The summed E-state index contributed by atoms with van der Waals surface area (Å²) in [5.74, 6) is 0.00628. The summed E-state index contributed by atoms with van der Waals surface area (Å²) in [4.78, 5) is 23.2. The van der Waals surface area contributed by atoms with Crippen molar-refractivity contribution >= 4 is 29.3 Å². The van der Waals surface area contributed by atoms with Gasteiger partial charge < -0.3 is 15.4 Å². The van der Waals surface area contributed by atoms with Crippen molar-refractivity contribution in [2.75, 3.05) is 17.7 Å². The molecular formula is C19H17N3O3. The topological polar surface area (TPSA) is 91.2 Å². The van der Waals surface area contributed by atoms with Crippen molar-refractivity contribution in [3.8, 4) is 11.8 Å². The maximum absolute atomic E-state index is 12.2. The second kappa shape index (κ2) is 8.31. The number of anilines is 2. The lowest BCUT2D eigenvalue weighted by molar-refractivity contribution is -0.114. The molecule has 6 nitrogen and oxygen atoms in total. The number of hydrogen-bond acceptors (Lipinski definition) is 4. The van der Waals surface area contributed by atoms with Crippen LogP contribution in [0.15, 0.2) is 54.1 Å². The van der Waals surface area contributed by atoms with Crippen molar-refractivity contribution in [2.24, 2.45) is 0 Å². The van der Waals surface area contributed by atoms with Crippen molar-refractivity contribution < 1.29 is 14.3 Å². The molecule has 0 aliphatic carbocycles. The number of carbonyl (C=O) groups excluding carboxylic acids is 2. The number of rotatable bonds is 5. The quantitative estimate of drug-likeness (QED) is 0.648. The normalized spacial score (nSPS) is 10.5. The Morgan fingerprint density at radius 1 is 1.00 bits per heavy atom. The third-order valence-electron chi connectivity index (χ3n) is 3.26. The number of nitrogens with zero attached hydrogens (tertiary/aromatic N) is 1. The Bertz CT molecular complexity index is 832. The van der Waals surface area contributed by atoms with E-state index < -0.39 is 5.91 Å². The summed E-state index contributed by atoms with van der Waals surface area (Å²) in [6.45, 7) is 1.42. The van der Waals surface area contributed by atoms with Crippen LogP contribution >= 0.6 is 0 Å². The van der Waals surface area contributed by atoms with E-state index in [0.717, 1.165) is 0 Å². The smallest absolute Gasteiger partial charge is 0.266 e. The molecule has 0 bridgehead atoms. The molecule has 2 amide bonds. The highest BCUT2D eigenvalue weighted by atomic mass is 16.5. The van der Waals surface area contributed by atoms with Gasteiger partial charge in [0.15, 0.2) is 0 Å². The van der Waals surface area contributed by atoms with Gasteiger partial charge in [-0.15, -0.1) is 0 Å². The maximum atomic E-state index is 12.2. The minimum atomic E-state index is -0.501. The van der Waals surface area contributed by atoms with Gasteiger partial charge in [0.1, 0.15) is 17.4 Å². The Hall–Kier alpha value is -3.59. The van der Waals surface area contributed by atoms with Crippen LogP contribution in [0.5, 0.6) is 5.75 Å². The highest BCUT2D eigenvalue weighted by Crippen LogP contribution is 2.17. The zero-order valence-corrected chi connectivity index (χ0v) is 13.9. The molecule has 0 fully saturated rings. The van der Waals surface area contributed by atoms with Crippen molar-refractivity contribution in [1.29, 1.82) is 5.26 Å². The van der Waals surface area contributed by atoms with Crippen molar-refractivity contribution in [2.45, 2.75) is 6.92 Å². The Labute approximate surface area is 145 Å². The molecule has 0 aliphatic heterocycles. The summed E-state index contributed by atoms with van der Waals surface area (Å²) in [6.07, 6.45) is 1.48. The van der Waals surface area contributed by atoms with Gasteiger partial charge >= 0.3 is 0 Å². The molecular weight excluding hydrogens is 318 g/mol. The van der Waals surface area contributed by atoms with Crippen molar-refractivity contribution in [3.05, 3.63) is 59.7 Å². The highest BCUT2D eigenvalue weighted by molar-refractivity contribution is 6.09. The summed E-state index contributed by atoms with van der Waals surface area (Å²) >= 11 is 0. The molecule has 0 saturated heterocycles.